The van der Waals surface area contributed by atoms with E-state index in [9.17, 15) is 0 Å². The minimum absolute atomic E-state index is 0.0986. The Balaban J connectivity index is 0.998. The zero-order chi connectivity index (χ0) is 43.2. The van der Waals surface area contributed by atoms with Crippen LogP contribution in [0, 0.1) is 0 Å². The van der Waals surface area contributed by atoms with Crippen molar-refractivity contribution in [3.8, 4) is 72.4 Å². The molecule has 0 bridgehead atoms. The average Bonchev–Trinajstić information content (AvgIpc) is 3.78. The third-order valence-corrected chi connectivity index (χ3v) is 14.1. The number of para-hydroxylation sites is 2. The van der Waals surface area contributed by atoms with E-state index in [-0.39, 0.29) is 5.41 Å². The summed E-state index contributed by atoms with van der Waals surface area (Å²) in [6, 6.07) is 84.9. The zero-order valence-electron chi connectivity index (χ0n) is 36.3. The molecule has 0 amide bonds. The van der Waals surface area contributed by atoms with Crippen molar-refractivity contribution < 1.29 is 0 Å². The first-order valence-corrected chi connectivity index (χ1v) is 22.7. The predicted molar refractivity (Wildman–Crippen MR) is 274 cm³/mol. The number of rotatable bonds is 7. The number of benzene rings is 10. The minimum Gasteiger partial charge on any atom is -0.310 e. The van der Waals surface area contributed by atoms with Crippen LogP contribution in [-0.4, -0.2) is 4.57 Å². The van der Waals surface area contributed by atoms with Gasteiger partial charge in [-0.2, -0.15) is 0 Å². The van der Waals surface area contributed by atoms with Crippen LogP contribution in [0.15, 0.2) is 231 Å². The fourth-order valence-corrected chi connectivity index (χ4v) is 11.1. The fraction of sp³-hybridized carbons (Fsp3) is 0.0476. The Kier molecular flexibility index (Phi) is 8.29. The van der Waals surface area contributed by atoms with E-state index >= 15 is 0 Å². The van der Waals surface area contributed by atoms with Crippen molar-refractivity contribution >= 4 is 38.9 Å². The highest BCUT2D eigenvalue weighted by Gasteiger charge is 2.41. The summed E-state index contributed by atoms with van der Waals surface area (Å²) >= 11 is 0. The molecule has 0 spiro atoms. The summed E-state index contributed by atoms with van der Waals surface area (Å²) in [6.45, 7) is 4.78. The van der Waals surface area contributed by atoms with Crippen molar-refractivity contribution in [1.29, 1.82) is 0 Å². The lowest BCUT2D eigenvalue weighted by Gasteiger charge is -2.27. The monoisotopic (exact) mass is 828 g/mol. The summed E-state index contributed by atoms with van der Waals surface area (Å²) in [5.41, 5.74) is 24.7. The summed E-state index contributed by atoms with van der Waals surface area (Å²) < 4.78 is 2.59. The topological polar surface area (TPSA) is 8.17 Å². The predicted octanol–water partition coefficient (Wildman–Crippen LogP) is 17.2. The van der Waals surface area contributed by atoms with Gasteiger partial charge in [0.1, 0.15) is 0 Å². The molecule has 0 saturated heterocycles. The van der Waals surface area contributed by atoms with Gasteiger partial charge in [0.05, 0.1) is 16.7 Å². The normalized spacial score (nSPS) is 12.9. The van der Waals surface area contributed by atoms with Gasteiger partial charge in [-0.15, -0.1) is 0 Å². The van der Waals surface area contributed by atoms with Gasteiger partial charge >= 0.3 is 0 Å². The van der Waals surface area contributed by atoms with Crippen LogP contribution in [0.2, 0.25) is 0 Å². The second-order valence-corrected chi connectivity index (χ2v) is 18.0. The molecule has 2 nitrogen and oxygen atoms in total. The Morgan fingerprint density at radius 1 is 0.323 bits per heavy atom. The van der Waals surface area contributed by atoms with Crippen LogP contribution in [0.5, 0.6) is 0 Å². The van der Waals surface area contributed by atoms with Crippen molar-refractivity contribution in [3.05, 3.63) is 242 Å². The highest BCUT2D eigenvalue weighted by Crippen LogP contribution is 2.58. The molecular formula is C63H44N2. The molecule has 11 aromatic rings. The molecule has 0 fully saturated rings. The molecule has 2 aliphatic rings. The van der Waals surface area contributed by atoms with Gasteiger partial charge in [-0.05, 0) is 104 Å². The van der Waals surface area contributed by atoms with Crippen LogP contribution in [-0.2, 0) is 5.41 Å². The number of nitrogens with zero attached hydrogens (tertiary/aromatic N) is 2. The molecule has 0 atom stereocenters. The van der Waals surface area contributed by atoms with Crippen LogP contribution >= 0.6 is 0 Å². The standard InChI is InChI=1S/C63H44N2/c1-63(2)56-26-15-24-52-51-22-12-13-27-58(51)65-61-50(23-14-25-53(61)54-38-39-57(63)60(59(52)56)62(54)65)45-30-34-47(35-31-45)64(46-32-28-42(29-33-46)41-16-6-3-7-17-41)48-36-37-49(43-18-8-4-9-19-43)55(40-48)44-20-10-5-11-21-44/h3-40H,1-2H3. The van der Waals surface area contributed by atoms with Crippen LogP contribution in [0.3, 0.4) is 0 Å². The lowest BCUT2D eigenvalue weighted by atomic mass is 9.81. The van der Waals surface area contributed by atoms with Gasteiger partial charge in [-0.25, -0.2) is 0 Å². The maximum Gasteiger partial charge on any atom is 0.0623 e. The number of fused-ring (bicyclic) bond motifs is 6. The summed E-state index contributed by atoms with van der Waals surface area (Å²) in [5.74, 6) is 0. The van der Waals surface area contributed by atoms with E-state index in [0.29, 0.717) is 0 Å². The van der Waals surface area contributed by atoms with Crippen molar-refractivity contribution in [1.82, 2.24) is 4.57 Å². The first-order valence-electron chi connectivity index (χ1n) is 22.7. The average molecular weight is 829 g/mol. The molecule has 0 unspecified atom stereocenters. The minimum atomic E-state index is -0.0986. The van der Waals surface area contributed by atoms with Crippen molar-refractivity contribution in [2.45, 2.75) is 19.3 Å². The van der Waals surface area contributed by atoms with Crippen molar-refractivity contribution in [2.24, 2.45) is 0 Å². The number of hydrogen-bond acceptors (Lipinski definition) is 1. The molecule has 2 heterocycles. The Morgan fingerprint density at radius 2 is 0.831 bits per heavy atom. The molecule has 2 heteroatoms. The molecule has 13 rings (SSSR count). The second kappa shape index (κ2) is 14.4. The molecule has 1 aliphatic carbocycles. The third kappa shape index (κ3) is 5.67. The molecule has 1 aliphatic heterocycles. The molecule has 0 saturated carbocycles. The van der Waals surface area contributed by atoms with E-state index in [0.717, 1.165) is 17.1 Å². The highest BCUT2D eigenvalue weighted by molar-refractivity contribution is 6.21. The third-order valence-electron chi connectivity index (χ3n) is 14.1. The van der Waals surface area contributed by atoms with E-state index < -0.39 is 0 Å². The first kappa shape index (κ1) is 37.4. The van der Waals surface area contributed by atoms with Crippen molar-refractivity contribution in [3.63, 3.8) is 0 Å². The molecular weight excluding hydrogens is 785 g/mol. The zero-order valence-corrected chi connectivity index (χ0v) is 36.3. The van der Waals surface area contributed by atoms with Gasteiger partial charge in [0.15, 0.2) is 0 Å². The number of hydrogen-bond donors (Lipinski definition) is 0. The largest absolute Gasteiger partial charge is 0.310 e. The van der Waals surface area contributed by atoms with Gasteiger partial charge in [-0.1, -0.05) is 202 Å². The lowest BCUT2D eigenvalue weighted by molar-refractivity contribution is 0.661. The summed E-state index contributed by atoms with van der Waals surface area (Å²) in [7, 11) is 0. The molecule has 0 N–H and O–H groups in total. The maximum atomic E-state index is 2.59. The number of aromatic nitrogens is 1. The van der Waals surface area contributed by atoms with Crippen LogP contribution in [0.25, 0.3) is 94.3 Å². The van der Waals surface area contributed by atoms with Crippen LogP contribution in [0.1, 0.15) is 25.0 Å². The Hall–Kier alpha value is -8.20. The molecule has 0 radical (unpaired) electrons. The smallest absolute Gasteiger partial charge is 0.0623 e. The van der Waals surface area contributed by atoms with E-state index in [1.807, 2.05) is 0 Å². The van der Waals surface area contributed by atoms with E-state index in [2.05, 4.69) is 254 Å². The highest BCUT2D eigenvalue weighted by atomic mass is 15.1. The molecule has 306 valence electrons. The van der Waals surface area contributed by atoms with Crippen molar-refractivity contribution in [2.75, 3.05) is 4.90 Å². The van der Waals surface area contributed by atoms with E-state index in [1.165, 1.54) is 105 Å². The molecule has 65 heavy (non-hydrogen) atoms. The molecule has 1 aromatic heterocycles. The Labute approximate surface area is 380 Å². The maximum absolute atomic E-state index is 2.59. The molecule has 10 aromatic carbocycles. The van der Waals surface area contributed by atoms with Gasteiger partial charge in [0.25, 0.3) is 0 Å². The van der Waals surface area contributed by atoms with Gasteiger partial charge in [0.2, 0.25) is 0 Å². The summed E-state index contributed by atoms with van der Waals surface area (Å²) in [4.78, 5) is 2.40. The summed E-state index contributed by atoms with van der Waals surface area (Å²) in [5, 5.41) is 2.57. The Morgan fingerprint density at radius 3 is 1.54 bits per heavy atom. The van der Waals surface area contributed by atoms with Crippen LogP contribution < -0.4 is 4.90 Å². The van der Waals surface area contributed by atoms with Gasteiger partial charge < -0.3 is 9.47 Å². The van der Waals surface area contributed by atoms with E-state index in [1.54, 1.807) is 0 Å². The first-order chi connectivity index (χ1) is 32.0. The van der Waals surface area contributed by atoms with Crippen LogP contribution in [0.4, 0.5) is 17.1 Å². The Bertz CT molecular complexity index is 3640. The van der Waals surface area contributed by atoms with Gasteiger partial charge in [0, 0.05) is 49.9 Å². The lowest BCUT2D eigenvalue weighted by Crippen LogP contribution is -2.15. The van der Waals surface area contributed by atoms with E-state index in [4.69, 9.17) is 0 Å². The van der Waals surface area contributed by atoms with Gasteiger partial charge in [-0.3, -0.25) is 0 Å². The SMILES string of the molecule is CC1(C)c2cccc3c2-c2c1ccc1c4cccc(-c5ccc(N(c6ccc(-c7ccccc7)cc6)c6ccc(-c7ccccc7)c(-c7ccccc7)c6)cc5)c4n(c21)-c1ccccc1-3. The second-order valence-electron chi connectivity index (χ2n) is 18.0. The summed E-state index contributed by atoms with van der Waals surface area (Å²) in [6.07, 6.45) is 0. The quantitative estimate of drug-likeness (QED) is 0.155. The number of anilines is 3. The fourth-order valence-electron chi connectivity index (χ4n) is 11.1.